The van der Waals surface area contributed by atoms with Crippen LogP contribution < -0.4 is 5.32 Å². The Morgan fingerprint density at radius 2 is 2.22 bits per heavy atom. The topological polar surface area (TPSA) is 21.3 Å². The molecule has 1 saturated heterocycles. The quantitative estimate of drug-likeness (QED) is 0.830. The number of rotatable bonds is 5. The number of halogens is 2. The van der Waals surface area contributed by atoms with Gasteiger partial charge in [-0.15, -0.1) is 0 Å². The molecule has 18 heavy (non-hydrogen) atoms. The van der Waals surface area contributed by atoms with Gasteiger partial charge in [-0.2, -0.15) is 0 Å². The molecule has 1 aromatic rings. The normalized spacial score (nSPS) is 20.0. The Morgan fingerprint density at radius 3 is 2.94 bits per heavy atom. The lowest BCUT2D eigenvalue weighted by Gasteiger charge is -2.22. The maximum atomic E-state index is 6.08. The highest BCUT2D eigenvalue weighted by molar-refractivity contribution is 6.35. The van der Waals surface area contributed by atoms with Crippen LogP contribution in [-0.2, 0) is 11.3 Å². The standard InChI is InChI=1S/C14H19Cl2NO/c15-13-4-3-12(14(16)8-13)10-18-7-5-11-2-1-6-17-9-11/h3-4,8,11,17H,1-2,5-7,9-10H2/t11-/m0/s1. The molecule has 1 heterocycles. The molecule has 4 heteroatoms. The lowest BCUT2D eigenvalue weighted by atomic mass is 9.97. The van der Waals surface area contributed by atoms with Crippen LogP contribution in [0, 0.1) is 5.92 Å². The number of hydrogen-bond donors (Lipinski definition) is 1. The molecule has 1 aliphatic rings. The largest absolute Gasteiger partial charge is 0.377 e. The Morgan fingerprint density at radius 1 is 1.33 bits per heavy atom. The summed E-state index contributed by atoms with van der Waals surface area (Å²) in [5.41, 5.74) is 1.00. The first-order chi connectivity index (χ1) is 8.75. The molecule has 1 aliphatic heterocycles. The van der Waals surface area contributed by atoms with E-state index >= 15 is 0 Å². The number of piperidine rings is 1. The fraction of sp³-hybridized carbons (Fsp3) is 0.571. The highest BCUT2D eigenvalue weighted by Crippen LogP contribution is 2.22. The SMILES string of the molecule is Clc1ccc(COCC[C@@H]2CCCNC2)c(Cl)c1. The van der Waals surface area contributed by atoms with Crippen molar-refractivity contribution in [2.75, 3.05) is 19.7 Å². The summed E-state index contributed by atoms with van der Waals surface area (Å²) in [6.45, 7) is 3.66. The van der Waals surface area contributed by atoms with E-state index in [1.807, 2.05) is 12.1 Å². The fourth-order valence-corrected chi connectivity index (χ4v) is 2.70. The van der Waals surface area contributed by atoms with Gasteiger partial charge in [0.05, 0.1) is 6.61 Å². The van der Waals surface area contributed by atoms with Crippen molar-refractivity contribution in [3.8, 4) is 0 Å². The van der Waals surface area contributed by atoms with E-state index in [1.54, 1.807) is 6.07 Å². The van der Waals surface area contributed by atoms with Gasteiger partial charge in [-0.1, -0.05) is 29.3 Å². The molecule has 2 rings (SSSR count). The number of benzene rings is 1. The van der Waals surface area contributed by atoms with Crippen molar-refractivity contribution in [3.63, 3.8) is 0 Å². The van der Waals surface area contributed by atoms with Crippen molar-refractivity contribution < 1.29 is 4.74 Å². The van der Waals surface area contributed by atoms with E-state index in [2.05, 4.69) is 5.32 Å². The van der Waals surface area contributed by atoms with Crippen LogP contribution >= 0.6 is 23.2 Å². The van der Waals surface area contributed by atoms with Gasteiger partial charge in [0.2, 0.25) is 0 Å². The first-order valence-electron chi connectivity index (χ1n) is 6.48. The zero-order valence-corrected chi connectivity index (χ0v) is 11.9. The van der Waals surface area contributed by atoms with Gasteiger partial charge in [-0.05, 0) is 56.0 Å². The van der Waals surface area contributed by atoms with Crippen LogP contribution in [0.1, 0.15) is 24.8 Å². The van der Waals surface area contributed by atoms with Gasteiger partial charge in [0.25, 0.3) is 0 Å². The first-order valence-corrected chi connectivity index (χ1v) is 7.23. The van der Waals surface area contributed by atoms with Gasteiger partial charge in [-0.3, -0.25) is 0 Å². The second-order valence-electron chi connectivity index (χ2n) is 4.79. The fourth-order valence-electron chi connectivity index (χ4n) is 2.24. The van der Waals surface area contributed by atoms with Crippen LogP contribution in [-0.4, -0.2) is 19.7 Å². The van der Waals surface area contributed by atoms with Crippen molar-refractivity contribution in [3.05, 3.63) is 33.8 Å². The van der Waals surface area contributed by atoms with Crippen LogP contribution in [0.25, 0.3) is 0 Å². The van der Waals surface area contributed by atoms with Crippen LogP contribution in [0.5, 0.6) is 0 Å². The Labute approximate surface area is 119 Å². The molecule has 2 nitrogen and oxygen atoms in total. The summed E-state index contributed by atoms with van der Waals surface area (Å²) >= 11 is 11.9. The van der Waals surface area contributed by atoms with Gasteiger partial charge in [0.15, 0.2) is 0 Å². The minimum absolute atomic E-state index is 0.566. The highest BCUT2D eigenvalue weighted by atomic mass is 35.5. The summed E-state index contributed by atoms with van der Waals surface area (Å²) in [5.74, 6) is 0.763. The third-order valence-corrected chi connectivity index (χ3v) is 3.93. The van der Waals surface area contributed by atoms with Gasteiger partial charge in [0, 0.05) is 16.7 Å². The van der Waals surface area contributed by atoms with E-state index in [0.717, 1.165) is 37.6 Å². The number of ether oxygens (including phenoxy) is 1. The van der Waals surface area contributed by atoms with E-state index in [0.29, 0.717) is 16.7 Å². The van der Waals surface area contributed by atoms with E-state index in [9.17, 15) is 0 Å². The summed E-state index contributed by atoms with van der Waals surface area (Å²) in [4.78, 5) is 0. The molecule has 1 N–H and O–H groups in total. The molecule has 1 atom stereocenters. The summed E-state index contributed by atoms with van der Waals surface area (Å²) in [5, 5.41) is 4.76. The predicted octanol–water partition coefficient (Wildman–Crippen LogP) is 3.90. The summed E-state index contributed by atoms with van der Waals surface area (Å²) < 4.78 is 5.69. The number of hydrogen-bond acceptors (Lipinski definition) is 2. The van der Waals surface area contributed by atoms with E-state index in [-0.39, 0.29) is 0 Å². The Bertz CT molecular complexity index is 378. The maximum Gasteiger partial charge on any atom is 0.0731 e. The monoisotopic (exact) mass is 287 g/mol. The molecule has 100 valence electrons. The van der Waals surface area contributed by atoms with Crippen molar-refractivity contribution >= 4 is 23.2 Å². The molecule has 1 aromatic carbocycles. The van der Waals surface area contributed by atoms with Crippen molar-refractivity contribution in [1.29, 1.82) is 0 Å². The average molecular weight is 288 g/mol. The predicted molar refractivity (Wildman–Crippen MR) is 76.3 cm³/mol. The molecular formula is C14H19Cl2NO. The zero-order valence-electron chi connectivity index (χ0n) is 10.4. The van der Waals surface area contributed by atoms with E-state index in [1.165, 1.54) is 12.8 Å². The van der Waals surface area contributed by atoms with Crippen LogP contribution in [0.2, 0.25) is 10.0 Å². The van der Waals surface area contributed by atoms with Crippen LogP contribution in [0.15, 0.2) is 18.2 Å². The summed E-state index contributed by atoms with van der Waals surface area (Å²) in [6.07, 6.45) is 3.73. The maximum absolute atomic E-state index is 6.08. The molecule has 0 bridgehead atoms. The zero-order chi connectivity index (χ0) is 12.8. The molecular weight excluding hydrogens is 269 g/mol. The molecule has 0 amide bonds. The average Bonchev–Trinajstić information content (AvgIpc) is 2.38. The van der Waals surface area contributed by atoms with E-state index in [4.69, 9.17) is 27.9 Å². The second-order valence-corrected chi connectivity index (χ2v) is 5.63. The van der Waals surface area contributed by atoms with Gasteiger partial charge in [0.1, 0.15) is 0 Å². The summed E-state index contributed by atoms with van der Waals surface area (Å²) in [7, 11) is 0. The highest BCUT2D eigenvalue weighted by Gasteiger charge is 2.12. The van der Waals surface area contributed by atoms with Crippen molar-refractivity contribution in [2.24, 2.45) is 5.92 Å². The smallest absolute Gasteiger partial charge is 0.0731 e. The molecule has 0 radical (unpaired) electrons. The molecule has 0 aromatic heterocycles. The Balaban J connectivity index is 1.68. The lowest BCUT2D eigenvalue weighted by Crippen LogP contribution is -2.30. The number of nitrogens with one attached hydrogen (secondary N) is 1. The minimum atomic E-state index is 0.566. The Kier molecular flexibility index (Phi) is 5.77. The van der Waals surface area contributed by atoms with Gasteiger partial charge >= 0.3 is 0 Å². The first kappa shape index (κ1) is 14.1. The molecule has 0 spiro atoms. The lowest BCUT2D eigenvalue weighted by molar-refractivity contribution is 0.103. The molecule has 0 aliphatic carbocycles. The third kappa shape index (κ3) is 4.43. The molecule has 0 unspecified atom stereocenters. The molecule has 0 saturated carbocycles. The second kappa shape index (κ2) is 7.34. The van der Waals surface area contributed by atoms with Crippen molar-refractivity contribution in [1.82, 2.24) is 5.32 Å². The van der Waals surface area contributed by atoms with Crippen molar-refractivity contribution in [2.45, 2.75) is 25.9 Å². The van der Waals surface area contributed by atoms with Gasteiger partial charge in [-0.25, -0.2) is 0 Å². The van der Waals surface area contributed by atoms with Gasteiger partial charge < -0.3 is 10.1 Å². The third-order valence-electron chi connectivity index (χ3n) is 3.34. The van der Waals surface area contributed by atoms with E-state index < -0.39 is 0 Å². The molecule has 1 fully saturated rings. The summed E-state index contributed by atoms with van der Waals surface area (Å²) in [6, 6.07) is 5.52. The minimum Gasteiger partial charge on any atom is -0.377 e. The van der Waals surface area contributed by atoms with Crippen LogP contribution in [0.4, 0.5) is 0 Å². The van der Waals surface area contributed by atoms with Crippen LogP contribution in [0.3, 0.4) is 0 Å². The Hall–Kier alpha value is -0.280.